The Balaban J connectivity index is 1.40. The minimum Gasteiger partial charge on any atom is -0.309 e. The van der Waals surface area contributed by atoms with E-state index in [1.165, 1.54) is 39.2 Å². The first-order valence-electron chi connectivity index (χ1n) is 14.2. The van der Waals surface area contributed by atoms with E-state index in [4.69, 9.17) is 5.41 Å². The summed E-state index contributed by atoms with van der Waals surface area (Å²) < 4.78 is 0. The smallest absolute Gasteiger partial charge is 0.0184 e. The van der Waals surface area contributed by atoms with E-state index in [1.54, 1.807) is 0 Å². The van der Waals surface area contributed by atoms with Gasteiger partial charge in [0.25, 0.3) is 0 Å². The largest absolute Gasteiger partial charge is 0.309 e. The van der Waals surface area contributed by atoms with Crippen molar-refractivity contribution in [3.8, 4) is 44.5 Å². The lowest BCUT2D eigenvalue weighted by atomic mass is 9.87. The van der Waals surface area contributed by atoms with Crippen LogP contribution in [0.2, 0.25) is 0 Å². The third-order valence-corrected chi connectivity index (χ3v) is 8.17. The Bertz CT molecular complexity index is 2190. The fraction of sp³-hybridized carbons (Fsp3) is 0. The first-order valence-corrected chi connectivity index (χ1v) is 14.2. The molecule has 198 valence electrons. The molecule has 42 heavy (non-hydrogen) atoms. The summed E-state index contributed by atoms with van der Waals surface area (Å²) in [5.74, 6) is 0. The van der Waals surface area contributed by atoms with Gasteiger partial charge in [0.1, 0.15) is 0 Å². The Hall–Kier alpha value is -5.53. The van der Waals surface area contributed by atoms with Gasteiger partial charge in [0.05, 0.1) is 0 Å². The van der Waals surface area contributed by atoms with Crippen LogP contribution in [0.25, 0.3) is 78.7 Å². The van der Waals surface area contributed by atoms with E-state index in [0.717, 1.165) is 43.5 Å². The molecule has 0 atom stereocenters. The molecule has 0 bridgehead atoms. The number of nitrogens with one attached hydrogen (secondary N) is 1. The predicted molar refractivity (Wildman–Crippen MR) is 181 cm³/mol. The van der Waals surface area contributed by atoms with Crippen molar-refractivity contribution < 1.29 is 0 Å². The molecule has 1 nitrogen and oxygen atoms in total. The molecule has 0 unspecified atom stereocenters. The topological polar surface area (TPSA) is 23.9 Å². The molecule has 0 aliphatic rings. The van der Waals surface area contributed by atoms with Gasteiger partial charge in [-0.2, -0.15) is 0 Å². The quantitative estimate of drug-likeness (QED) is 0.212. The number of benzene rings is 7. The van der Waals surface area contributed by atoms with E-state index < -0.39 is 0 Å². The molecule has 0 aliphatic carbocycles. The molecule has 0 heterocycles. The van der Waals surface area contributed by atoms with Crippen molar-refractivity contribution in [2.24, 2.45) is 0 Å². The van der Waals surface area contributed by atoms with Crippen LogP contribution < -0.4 is 10.4 Å². The molecule has 0 aromatic heterocycles. The molecular weight excluding hydrogens is 506 g/mol. The van der Waals surface area contributed by atoms with Crippen LogP contribution in [0.3, 0.4) is 0 Å². The van der Waals surface area contributed by atoms with Gasteiger partial charge >= 0.3 is 0 Å². The van der Waals surface area contributed by atoms with Crippen LogP contribution in [0.5, 0.6) is 0 Å². The zero-order valence-corrected chi connectivity index (χ0v) is 23.2. The van der Waals surface area contributed by atoms with E-state index in [2.05, 4.69) is 146 Å². The Morgan fingerprint density at radius 2 is 0.929 bits per heavy atom. The number of fused-ring (bicyclic) bond motifs is 2. The van der Waals surface area contributed by atoms with Gasteiger partial charge < -0.3 is 5.41 Å². The molecule has 7 aromatic rings. The summed E-state index contributed by atoms with van der Waals surface area (Å²) in [6, 6.07) is 51.5. The van der Waals surface area contributed by atoms with Gasteiger partial charge in [0.15, 0.2) is 0 Å². The molecule has 0 spiro atoms. The molecule has 1 heteroatoms. The monoisotopic (exact) mass is 535 g/mol. The van der Waals surface area contributed by atoms with Crippen LogP contribution in [0.1, 0.15) is 0 Å². The normalized spacial score (nSPS) is 11.7. The van der Waals surface area contributed by atoms with Gasteiger partial charge in [-0.25, -0.2) is 0 Å². The van der Waals surface area contributed by atoms with Crippen molar-refractivity contribution in [1.82, 2.24) is 0 Å². The number of rotatable bonds is 5. The predicted octanol–water partition coefficient (Wildman–Crippen LogP) is 9.50. The highest BCUT2D eigenvalue weighted by atomic mass is 14.3. The van der Waals surface area contributed by atoms with Gasteiger partial charge in [-0.1, -0.05) is 152 Å². The van der Waals surface area contributed by atoms with Crippen molar-refractivity contribution in [2.75, 3.05) is 0 Å². The highest BCUT2D eigenvalue weighted by Crippen LogP contribution is 2.34. The lowest BCUT2D eigenvalue weighted by Crippen LogP contribution is -2.28. The Morgan fingerprint density at radius 1 is 0.429 bits per heavy atom. The van der Waals surface area contributed by atoms with Gasteiger partial charge in [-0.15, -0.1) is 0 Å². The Morgan fingerprint density at radius 3 is 1.62 bits per heavy atom. The highest BCUT2D eigenvalue weighted by molar-refractivity contribution is 6.07. The maximum Gasteiger partial charge on any atom is 0.0184 e. The van der Waals surface area contributed by atoms with E-state index in [1.807, 2.05) is 12.1 Å². The van der Waals surface area contributed by atoms with Crippen LogP contribution in [0.4, 0.5) is 0 Å². The first-order chi connectivity index (χ1) is 20.7. The molecule has 0 saturated heterocycles. The zero-order chi connectivity index (χ0) is 28.5. The van der Waals surface area contributed by atoms with Gasteiger partial charge in [-0.3, -0.25) is 0 Å². The molecule has 0 saturated carbocycles. The van der Waals surface area contributed by atoms with Gasteiger partial charge in [0, 0.05) is 6.21 Å². The second kappa shape index (κ2) is 10.8. The average molecular weight is 536 g/mol. The summed E-state index contributed by atoms with van der Waals surface area (Å²) in [7, 11) is 0. The summed E-state index contributed by atoms with van der Waals surface area (Å²) in [5.41, 5.74) is 9.23. The van der Waals surface area contributed by atoms with Crippen molar-refractivity contribution in [3.05, 3.63) is 156 Å². The Labute approximate surface area is 245 Å². The molecular formula is C41H29N. The number of hydrogen-bond donors (Lipinski definition) is 1. The third-order valence-electron chi connectivity index (χ3n) is 8.17. The highest BCUT2D eigenvalue weighted by Gasteiger charge is 2.14. The fourth-order valence-corrected chi connectivity index (χ4v) is 6.17. The molecule has 7 rings (SSSR count). The van der Waals surface area contributed by atoms with Crippen LogP contribution in [0, 0.1) is 5.41 Å². The third kappa shape index (κ3) is 4.42. The van der Waals surface area contributed by atoms with Gasteiger partial charge in [-0.05, 0) is 82.6 Å². The van der Waals surface area contributed by atoms with E-state index in [9.17, 15) is 0 Å². The zero-order valence-electron chi connectivity index (χ0n) is 23.2. The summed E-state index contributed by atoms with van der Waals surface area (Å²) >= 11 is 0. The van der Waals surface area contributed by atoms with Crippen LogP contribution >= 0.6 is 0 Å². The molecule has 0 fully saturated rings. The second-order valence-corrected chi connectivity index (χ2v) is 10.6. The van der Waals surface area contributed by atoms with E-state index in [0.29, 0.717) is 0 Å². The van der Waals surface area contributed by atoms with Crippen molar-refractivity contribution >= 4 is 40.4 Å². The van der Waals surface area contributed by atoms with E-state index in [-0.39, 0.29) is 0 Å². The van der Waals surface area contributed by atoms with Gasteiger partial charge in [0.2, 0.25) is 0 Å². The minimum atomic E-state index is 0.928. The fourth-order valence-electron chi connectivity index (χ4n) is 6.17. The number of hydrogen-bond acceptors (Lipinski definition) is 1. The van der Waals surface area contributed by atoms with Crippen LogP contribution in [-0.2, 0) is 0 Å². The molecule has 1 N–H and O–H groups in total. The minimum absolute atomic E-state index is 0.928. The summed E-state index contributed by atoms with van der Waals surface area (Å²) in [5, 5.41) is 14.7. The summed E-state index contributed by atoms with van der Waals surface area (Å²) in [6.45, 7) is 4.60. The molecule has 0 aliphatic heterocycles. The summed E-state index contributed by atoms with van der Waals surface area (Å²) in [6.07, 6.45) is 3.25. The first kappa shape index (κ1) is 25.4. The molecule has 7 aromatic carbocycles. The van der Waals surface area contributed by atoms with Crippen LogP contribution in [-0.4, -0.2) is 6.21 Å². The average Bonchev–Trinajstić information content (AvgIpc) is 3.06. The van der Waals surface area contributed by atoms with Crippen molar-refractivity contribution in [1.29, 1.82) is 5.41 Å². The Kier molecular flexibility index (Phi) is 6.54. The lowest BCUT2D eigenvalue weighted by molar-refractivity contribution is 1.52. The van der Waals surface area contributed by atoms with E-state index >= 15 is 0 Å². The molecule has 0 radical (unpaired) electrons. The standard InChI is InChI=1S/C41H29N/c1-28-35(26-27-42)41(34-22-18-30(19-23-34)29-10-3-2-4-11-29)39-16-8-7-15-38(39)40(28)33-24-20-32(21-25-33)37-17-9-13-31-12-5-6-14-36(31)37/h2-27,42H,1H2/b35-26+,42-27?. The summed E-state index contributed by atoms with van der Waals surface area (Å²) in [4.78, 5) is 0. The second-order valence-electron chi connectivity index (χ2n) is 10.6. The SMILES string of the molecule is C=c1c(-c2ccc(-c3cccc4ccccc34)cc2)c2ccccc2c(-c2ccc(-c3ccccc3)cc2)/c1=C/C=N. The lowest BCUT2D eigenvalue weighted by Gasteiger charge is -2.16. The van der Waals surface area contributed by atoms with Crippen LogP contribution in [0.15, 0.2) is 146 Å². The van der Waals surface area contributed by atoms with Crippen molar-refractivity contribution in [3.63, 3.8) is 0 Å². The molecule has 0 amide bonds. The maximum atomic E-state index is 8.01. The maximum absolute atomic E-state index is 8.01. The van der Waals surface area contributed by atoms with Crippen molar-refractivity contribution in [2.45, 2.75) is 0 Å².